The summed E-state index contributed by atoms with van der Waals surface area (Å²) in [6.45, 7) is 2.69. The van der Waals surface area contributed by atoms with Gasteiger partial charge in [-0.1, -0.05) is 30.3 Å². The number of rotatable bonds is 11. The number of nitrogens with zero attached hydrogens (tertiary/aromatic N) is 2. The van der Waals surface area contributed by atoms with E-state index >= 15 is 0 Å². The van der Waals surface area contributed by atoms with Crippen molar-refractivity contribution in [3.05, 3.63) is 65.2 Å². The summed E-state index contributed by atoms with van der Waals surface area (Å²) in [4.78, 5) is 53.1. The Morgan fingerprint density at radius 1 is 1.05 bits per heavy atom. The molecule has 1 fully saturated rings. The average Bonchev–Trinajstić information content (AvgIpc) is 2.88. The summed E-state index contributed by atoms with van der Waals surface area (Å²) in [6, 6.07) is 7.59. The van der Waals surface area contributed by atoms with Crippen molar-refractivity contribution < 1.29 is 46.6 Å². The number of carbonyl (C=O) groups is 4. The number of aliphatic carboxylic acids is 1. The maximum absolute atomic E-state index is 13.8. The number of ketones is 1. The van der Waals surface area contributed by atoms with Crippen LogP contribution >= 0.6 is 0 Å². The lowest BCUT2D eigenvalue weighted by atomic mass is 9.98. The summed E-state index contributed by atoms with van der Waals surface area (Å²) >= 11 is 0. The van der Waals surface area contributed by atoms with Gasteiger partial charge in [0.2, 0.25) is 23.4 Å². The van der Waals surface area contributed by atoms with E-state index in [4.69, 9.17) is 0 Å². The standard InChI is InChI=1S/C26H27F4N3O6/c1-26(2,33-9-8-32(20(35)13-33)12-15-6-4-3-5-7-15)25(38)31-18(11-21(36)37)19(34)14-39-24-22(29)16(27)10-17(28)23(24)30/h3-7,10,18H,8-9,11-14H2,1-2H3,(H,31,38)(H,36,37)/t18-/m0/s1. The molecule has 2 aromatic rings. The number of benzene rings is 2. The third kappa shape index (κ3) is 7.11. The summed E-state index contributed by atoms with van der Waals surface area (Å²) in [7, 11) is 0. The van der Waals surface area contributed by atoms with E-state index in [-0.39, 0.29) is 18.5 Å². The van der Waals surface area contributed by atoms with Crippen molar-refractivity contribution in [1.29, 1.82) is 0 Å². The quantitative estimate of drug-likeness (QED) is 0.324. The molecular formula is C26H27F4N3O6. The fourth-order valence-corrected chi connectivity index (χ4v) is 3.98. The van der Waals surface area contributed by atoms with Crippen molar-refractivity contribution in [3.63, 3.8) is 0 Å². The molecule has 0 aromatic heterocycles. The highest BCUT2D eigenvalue weighted by atomic mass is 19.2. The maximum atomic E-state index is 13.8. The highest BCUT2D eigenvalue weighted by molar-refractivity contribution is 5.95. The van der Waals surface area contributed by atoms with Gasteiger partial charge < -0.3 is 20.1 Å². The number of carbonyl (C=O) groups excluding carboxylic acids is 3. The Bertz CT molecular complexity index is 1230. The van der Waals surface area contributed by atoms with E-state index < -0.39 is 71.3 Å². The predicted molar refractivity (Wildman–Crippen MR) is 128 cm³/mol. The lowest BCUT2D eigenvalue weighted by Crippen LogP contribution is -2.63. The molecule has 39 heavy (non-hydrogen) atoms. The van der Waals surface area contributed by atoms with E-state index in [1.165, 1.54) is 13.8 Å². The van der Waals surface area contributed by atoms with Gasteiger partial charge in [-0.3, -0.25) is 24.1 Å². The number of hydrogen-bond donors (Lipinski definition) is 2. The molecule has 2 amide bonds. The van der Waals surface area contributed by atoms with Crippen LogP contribution in [-0.2, 0) is 25.7 Å². The van der Waals surface area contributed by atoms with E-state index in [1.807, 2.05) is 30.3 Å². The van der Waals surface area contributed by atoms with Crippen molar-refractivity contribution in [3.8, 4) is 5.75 Å². The van der Waals surface area contributed by atoms with Gasteiger partial charge in [0.25, 0.3) is 0 Å². The molecule has 0 spiro atoms. The minimum Gasteiger partial charge on any atom is -0.481 e. The third-order valence-corrected chi connectivity index (χ3v) is 6.38. The first kappa shape index (κ1) is 29.6. The van der Waals surface area contributed by atoms with E-state index in [2.05, 4.69) is 10.1 Å². The first-order chi connectivity index (χ1) is 18.3. The fraction of sp³-hybridized carbons (Fsp3) is 0.385. The zero-order valence-electron chi connectivity index (χ0n) is 21.2. The maximum Gasteiger partial charge on any atom is 0.305 e. The van der Waals surface area contributed by atoms with E-state index in [0.29, 0.717) is 19.6 Å². The SMILES string of the molecule is CC(C)(C(=O)N[C@@H](CC(=O)O)C(=O)COc1c(F)c(F)cc(F)c1F)N1CCN(Cc2ccccc2)C(=O)C1. The van der Waals surface area contributed by atoms with Gasteiger partial charge in [0.05, 0.1) is 18.5 Å². The summed E-state index contributed by atoms with van der Waals surface area (Å²) in [5.41, 5.74) is -0.426. The molecule has 0 bridgehead atoms. The Morgan fingerprint density at radius 2 is 1.67 bits per heavy atom. The lowest BCUT2D eigenvalue weighted by molar-refractivity contribution is -0.145. The molecule has 0 unspecified atom stereocenters. The van der Waals surface area contributed by atoms with Crippen molar-refractivity contribution in [2.75, 3.05) is 26.2 Å². The molecule has 13 heteroatoms. The Hall–Kier alpha value is -4.00. The molecule has 1 heterocycles. The van der Waals surface area contributed by atoms with Crippen LogP contribution in [0.4, 0.5) is 17.6 Å². The number of piperazine rings is 1. The van der Waals surface area contributed by atoms with Crippen LogP contribution in [-0.4, -0.2) is 76.3 Å². The van der Waals surface area contributed by atoms with Crippen LogP contribution in [0.2, 0.25) is 0 Å². The van der Waals surface area contributed by atoms with Crippen LogP contribution in [0.15, 0.2) is 36.4 Å². The highest BCUT2D eigenvalue weighted by Crippen LogP contribution is 2.26. The average molecular weight is 554 g/mol. The zero-order chi connectivity index (χ0) is 28.9. The molecule has 9 nitrogen and oxygen atoms in total. The van der Waals surface area contributed by atoms with Crippen LogP contribution in [0.25, 0.3) is 0 Å². The number of amides is 2. The largest absolute Gasteiger partial charge is 0.481 e. The number of halogens is 4. The molecule has 0 radical (unpaired) electrons. The van der Waals surface area contributed by atoms with Crippen LogP contribution in [0.1, 0.15) is 25.8 Å². The second kappa shape index (κ2) is 12.2. The van der Waals surface area contributed by atoms with Crippen LogP contribution < -0.4 is 10.1 Å². The molecule has 0 saturated carbocycles. The van der Waals surface area contributed by atoms with Gasteiger partial charge in [0, 0.05) is 25.7 Å². The Kier molecular flexibility index (Phi) is 9.28. The van der Waals surface area contributed by atoms with Crippen molar-refractivity contribution in [1.82, 2.24) is 15.1 Å². The molecular weight excluding hydrogens is 526 g/mol. The third-order valence-electron chi connectivity index (χ3n) is 6.38. The zero-order valence-corrected chi connectivity index (χ0v) is 21.2. The summed E-state index contributed by atoms with van der Waals surface area (Å²) in [5, 5.41) is 11.5. The number of carboxylic acid groups (broad SMARTS) is 1. The molecule has 3 rings (SSSR count). The van der Waals surface area contributed by atoms with Crippen LogP contribution in [0.3, 0.4) is 0 Å². The molecule has 0 aliphatic carbocycles. The number of hydrogen-bond acceptors (Lipinski definition) is 6. The van der Waals surface area contributed by atoms with Gasteiger partial charge in [-0.2, -0.15) is 8.78 Å². The van der Waals surface area contributed by atoms with Gasteiger partial charge in [-0.15, -0.1) is 0 Å². The Labute approximate surface area is 221 Å². The predicted octanol–water partition coefficient (Wildman–Crippen LogP) is 2.27. The topological polar surface area (TPSA) is 116 Å². The second-order valence-electron chi connectivity index (χ2n) is 9.46. The van der Waals surface area contributed by atoms with E-state index in [9.17, 15) is 41.8 Å². The van der Waals surface area contributed by atoms with Gasteiger partial charge in [0.1, 0.15) is 12.6 Å². The van der Waals surface area contributed by atoms with E-state index in [0.717, 1.165) is 5.56 Å². The first-order valence-corrected chi connectivity index (χ1v) is 11.9. The normalized spacial score (nSPS) is 15.1. The van der Waals surface area contributed by atoms with Crippen molar-refractivity contribution in [2.24, 2.45) is 0 Å². The lowest BCUT2D eigenvalue weighted by Gasteiger charge is -2.42. The van der Waals surface area contributed by atoms with Crippen LogP contribution in [0.5, 0.6) is 5.75 Å². The highest BCUT2D eigenvalue weighted by Gasteiger charge is 2.40. The second-order valence-corrected chi connectivity index (χ2v) is 9.46. The van der Waals surface area contributed by atoms with E-state index in [1.54, 1.807) is 9.80 Å². The Balaban J connectivity index is 1.66. The molecule has 1 aliphatic heterocycles. The molecule has 1 aliphatic rings. The smallest absolute Gasteiger partial charge is 0.305 e. The molecule has 210 valence electrons. The molecule has 2 aromatic carbocycles. The minimum absolute atomic E-state index is 0.0406. The number of carboxylic acids is 1. The fourth-order valence-electron chi connectivity index (χ4n) is 3.98. The molecule has 1 saturated heterocycles. The first-order valence-electron chi connectivity index (χ1n) is 11.9. The minimum atomic E-state index is -1.88. The van der Waals surface area contributed by atoms with Gasteiger partial charge in [-0.25, -0.2) is 8.78 Å². The Morgan fingerprint density at radius 3 is 2.23 bits per heavy atom. The van der Waals surface area contributed by atoms with Crippen LogP contribution in [0, 0.1) is 23.3 Å². The summed E-state index contributed by atoms with van der Waals surface area (Å²) in [6.07, 6.45) is -0.906. The monoisotopic (exact) mass is 553 g/mol. The van der Waals surface area contributed by atoms with Gasteiger partial charge in [0.15, 0.2) is 23.2 Å². The van der Waals surface area contributed by atoms with Gasteiger partial charge in [-0.05, 0) is 19.4 Å². The van der Waals surface area contributed by atoms with Crippen molar-refractivity contribution >= 4 is 23.6 Å². The molecule has 2 N–H and O–H groups in total. The van der Waals surface area contributed by atoms with Crippen molar-refractivity contribution in [2.45, 2.75) is 38.4 Å². The van der Waals surface area contributed by atoms with Gasteiger partial charge >= 0.3 is 5.97 Å². The molecule has 1 atom stereocenters. The number of Topliss-reactive ketones (excluding diaryl/α,β-unsaturated/α-hetero) is 1. The summed E-state index contributed by atoms with van der Waals surface area (Å²) in [5.74, 6) is -12.4. The number of nitrogens with one attached hydrogen (secondary N) is 1. The number of ether oxygens (including phenoxy) is 1. The summed E-state index contributed by atoms with van der Waals surface area (Å²) < 4.78 is 59.1.